The molecule has 0 fully saturated rings. The molecule has 0 saturated heterocycles. The van der Waals surface area contributed by atoms with Crippen LogP contribution in [0.1, 0.15) is 55.2 Å². The summed E-state index contributed by atoms with van der Waals surface area (Å²) in [6, 6.07) is 1.87. The molecule has 26 heavy (non-hydrogen) atoms. The minimum atomic E-state index is -1.01. The van der Waals surface area contributed by atoms with Crippen molar-refractivity contribution in [1.82, 2.24) is 4.98 Å². The number of aryl methyl sites for hydroxylation is 1. The van der Waals surface area contributed by atoms with Gasteiger partial charge >= 0.3 is 11.9 Å². The minimum absolute atomic E-state index is 0.171. The number of carboxylic acid groups (broad SMARTS) is 1. The van der Waals surface area contributed by atoms with Gasteiger partial charge in [0.1, 0.15) is 17.0 Å². The number of benzene rings is 1. The lowest BCUT2D eigenvalue weighted by Gasteiger charge is -2.19. The number of nitrogens with one attached hydrogen (secondary N) is 1. The highest BCUT2D eigenvalue weighted by atomic mass is 79.9. The van der Waals surface area contributed by atoms with Crippen molar-refractivity contribution in [2.45, 2.75) is 52.1 Å². The van der Waals surface area contributed by atoms with Crippen LogP contribution < -0.4 is 4.74 Å². The molecule has 0 atom stereocenters. The Bertz CT molecular complexity index is 878. The van der Waals surface area contributed by atoms with Gasteiger partial charge in [-0.15, -0.1) is 0 Å². The number of aromatic nitrogens is 1. The minimum Gasteiger partial charge on any atom is -0.493 e. The largest absolute Gasteiger partial charge is 0.493 e. The van der Waals surface area contributed by atoms with E-state index >= 15 is 0 Å². The molecule has 140 valence electrons. The molecule has 0 radical (unpaired) electrons. The summed E-state index contributed by atoms with van der Waals surface area (Å²) in [6.45, 7) is 6.07. The molecule has 1 aliphatic heterocycles. The number of carbonyl (C=O) groups excluding carboxylic acids is 1. The number of aromatic amines is 1. The van der Waals surface area contributed by atoms with Gasteiger partial charge in [-0.1, -0.05) is 0 Å². The summed E-state index contributed by atoms with van der Waals surface area (Å²) in [5, 5.41) is 10.5. The van der Waals surface area contributed by atoms with E-state index in [4.69, 9.17) is 9.47 Å². The number of fused-ring (bicyclic) bond motifs is 3. The third kappa shape index (κ3) is 3.72. The maximum Gasteiger partial charge on any atom is 0.352 e. The predicted octanol–water partition coefficient (Wildman–Crippen LogP) is 4.23. The van der Waals surface area contributed by atoms with E-state index in [0.717, 1.165) is 38.7 Å². The topological polar surface area (TPSA) is 88.6 Å². The van der Waals surface area contributed by atoms with Gasteiger partial charge in [-0.3, -0.25) is 4.79 Å². The van der Waals surface area contributed by atoms with Crippen molar-refractivity contribution in [3.8, 4) is 5.75 Å². The van der Waals surface area contributed by atoms with E-state index in [2.05, 4.69) is 20.9 Å². The standard InChI is InChI=1S/C19H22BrNO5/c1-19(2,3)26-14(22)6-4-5-11-15-10-7-8-25-13(10)9-12(20)17(15)21-16(11)18(23)24/h9,21H,4-8H2,1-3H3,(H,23,24). The van der Waals surface area contributed by atoms with Gasteiger partial charge in [0.05, 0.1) is 12.1 Å². The van der Waals surface area contributed by atoms with Crippen LogP contribution in [-0.4, -0.2) is 34.2 Å². The molecule has 7 heteroatoms. The molecule has 0 saturated carbocycles. The number of carbonyl (C=O) groups is 2. The Morgan fingerprint density at radius 1 is 1.38 bits per heavy atom. The van der Waals surface area contributed by atoms with Crippen LogP contribution in [0, 0.1) is 0 Å². The Morgan fingerprint density at radius 3 is 2.77 bits per heavy atom. The molecule has 0 unspecified atom stereocenters. The first-order valence-corrected chi connectivity index (χ1v) is 9.40. The fourth-order valence-corrected chi connectivity index (χ4v) is 3.83. The molecule has 0 bridgehead atoms. The van der Waals surface area contributed by atoms with E-state index in [-0.39, 0.29) is 18.1 Å². The second-order valence-electron chi connectivity index (χ2n) is 7.41. The van der Waals surface area contributed by atoms with Crippen LogP contribution >= 0.6 is 15.9 Å². The number of rotatable bonds is 5. The molecule has 3 rings (SSSR count). The molecule has 1 aliphatic rings. The van der Waals surface area contributed by atoms with Gasteiger partial charge in [0, 0.05) is 28.3 Å². The van der Waals surface area contributed by atoms with E-state index in [1.165, 1.54) is 0 Å². The molecule has 0 spiro atoms. The van der Waals surface area contributed by atoms with Crippen LogP contribution in [0.25, 0.3) is 10.9 Å². The van der Waals surface area contributed by atoms with E-state index < -0.39 is 11.6 Å². The van der Waals surface area contributed by atoms with Gasteiger partial charge in [0.15, 0.2) is 0 Å². The third-order valence-electron chi connectivity index (χ3n) is 4.25. The Balaban J connectivity index is 1.91. The van der Waals surface area contributed by atoms with Gasteiger partial charge in [0.25, 0.3) is 0 Å². The highest BCUT2D eigenvalue weighted by Gasteiger charge is 2.26. The van der Waals surface area contributed by atoms with Gasteiger partial charge in [-0.25, -0.2) is 4.79 Å². The Kier molecular flexibility index (Phi) is 5.01. The summed E-state index contributed by atoms with van der Waals surface area (Å²) in [6.07, 6.45) is 1.98. The van der Waals surface area contributed by atoms with Crippen molar-refractivity contribution in [2.75, 3.05) is 6.61 Å². The number of halogens is 1. The summed E-state index contributed by atoms with van der Waals surface area (Å²) >= 11 is 3.49. The van der Waals surface area contributed by atoms with Gasteiger partial charge < -0.3 is 19.6 Å². The molecule has 2 heterocycles. The zero-order chi connectivity index (χ0) is 19.1. The molecular formula is C19H22BrNO5. The lowest BCUT2D eigenvalue weighted by molar-refractivity contribution is -0.154. The molecule has 2 N–H and O–H groups in total. The van der Waals surface area contributed by atoms with Crippen molar-refractivity contribution >= 4 is 38.8 Å². The monoisotopic (exact) mass is 423 g/mol. The van der Waals surface area contributed by atoms with Gasteiger partial charge in [-0.2, -0.15) is 0 Å². The van der Waals surface area contributed by atoms with E-state index in [1.54, 1.807) is 0 Å². The van der Waals surface area contributed by atoms with E-state index in [1.807, 2.05) is 26.8 Å². The summed E-state index contributed by atoms with van der Waals surface area (Å²) in [4.78, 5) is 26.7. The van der Waals surface area contributed by atoms with Crippen LogP contribution in [-0.2, 0) is 22.4 Å². The summed E-state index contributed by atoms with van der Waals surface area (Å²) in [7, 11) is 0. The average Bonchev–Trinajstić information content (AvgIpc) is 3.09. The Morgan fingerprint density at radius 2 is 2.12 bits per heavy atom. The van der Waals surface area contributed by atoms with Crippen LogP contribution in [0.4, 0.5) is 0 Å². The maximum atomic E-state index is 11.9. The van der Waals surface area contributed by atoms with Crippen LogP contribution in [0.2, 0.25) is 0 Å². The lowest BCUT2D eigenvalue weighted by Crippen LogP contribution is -2.23. The summed E-state index contributed by atoms with van der Waals surface area (Å²) in [5.41, 5.74) is 2.16. The molecular weight excluding hydrogens is 402 g/mol. The van der Waals surface area contributed by atoms with Crippen molar-refractivity contribution in [3.63, 3.8) is 0 Å². The molecule has 0 amide bonds. The van der Waals surface area contributed by atoms with E-state index in [0.29, 0.717) is 19.4 Å². The predicted molar refractivity (Wildman–Crippen MR) is 101 cm³/mol. The van der Waals surface area contributed by atoms with E-state index in [9.17, 15) is 14.7 Å². The van der Waals surface area contributed by atoms with Crippen molar-refractivity contribution in [1.29, 1.82) is 0 Å². The molecule has 1 aromatic carbocycles. The first-order valence-electron chi connectivity index (χ1n) is 8.61. The zero-order valence-electron chi connectivity index (χ0n) is 15.1. The zero-order valence-corrected chi connectivity index (χ0v) is 16.7. The first-order chi connectivity index (χ1) is 12.2. The second-order valence-corrected chi connectivity index (χ2v) is 8.26. The van der Waals surface area contributed by atoms with Crippen LogP contribution in [0.15, 0.2) is 10.5 Å². The van der Waals surface area contributed by atoms with Crippen LogP contribution in [0.3, 0.4) is 0 Å². The number of H-pyrrole nitrogens is 1. The van der Waals surface area contributed by atoms with Gasteiger partial charge in [-0.05, 0) is 61.2 Å². The van der Waals surface area contributed by atoms with Crippen molar-refractivity contribution in [2.24, 2.45) is 0 Å². The number of ether oxygens (including phenoxy) is 2. The fraction of sp³-hybridized carbons (Fsp3) is 0.474. The molecule has 0 aliphatic carbocycles. The number of hydrogen-bond donors (Lipinski definition) is 2. The Labute approximate surface area is 160 Å². The molecule has 6 nitrogen and oxygen atoms in total. The highest BCUT2D eigenvalue weighted by molar-refractivity contribution is 9.10. The van der Waals surface area contributed by atoms with Gasteiger partial charge in [0.2, 0.25) is 0 Å². The van der Waals surface area contributed by atoms with Crippen LogP contribution in [0.5, 0.6) is 5.75 Å². The Hall–Kier alpha value is -2.02. The molecule has 1 aromatic heterocycles. The quantitative estimate of drug-likeness (QED) is 0.702. The maximum absolute atomic E-state index is 11.9. The lowest BCUT2D eigenvalue weighted by atomic mass is 9.98. The first kappa shape index (κ1) is 18.8. The van der Waals surface area contributed by atoms with Crippen molar-refractivity contribution in [3.05, 3.63) is 27.4 Å². The SMILES string of the molecule is CC(C)(C)OC(=O)CCCc1c(C(=O)O)[nH]c2c(Br)cc3c(c12)CCO3. The summed E-state index contributed by atoms with van der Waals surface area (Å²) < 4.78 is 11.7. The number of esters is 1. The molecule has 2 aromatic rings. The number of hydrogen-bond acceptors (Lipinski definition) is 4. The smallest absolute Gasteiger partial charge is 0.352 e. The normalized spacial score (nSPS) is 13.5. The third-order valence-corrected chi connectivity index (χ3v) is 4.88. The van der Waals surface area contributed by atoms with Crippen molar-refractivity contribution < 1.29 is 24.2 Å². The fourth-order valence-electron chi connectivity index (χ4n) is 3.32. The number of aromatic carboxylic acids is 1. The second kappa shape index (κ2) is 6.95. The highest BCUT2D eigenvalue weighted by Crippen LogP contribution is 2.40. The average molecular weight is 424 g/mol. The summed E-state index contributed by atoms with van der Waals surface area (Å²) in [5.74, 6) is -0.495. The number of carboxylic acids is 1.